The zero-order chi connectivity index (χ0) is 17.1. The van der Waals surface area contributed by atoms with E-state index in [0.29, 0.717) is 12.1 Å². The van der Waals surface area contributed by atoms with Gasteiger partial charge < -0.3 is 15.5 Å². The topological polar surface area (TPSA) is 39.7 Å². The molecule has 0 amide bonds. The quantitative estimate of drug-likeness (QED) is 0.417. The van der Waals surface area contributed by atoms with Gasteiger partial charge in [0.1, 0.15) is 5.82 Å². The summed E-state index contributed by atoms with van der Waals surface area (Å²) in [4.78, 5) is 6.65. The predicted octanol–water partition coefficient (Wildman–Crippen LogP) is 2.92. The lowest BCUT2D eigenvalue weighted by molar-refractivity contribution is 0.297. The first kappa shape index (κ1) is 19.4. The molecule has 1 rings (SSSR count). The maximum atomic E-state index is 13.3. The van der Waals surface area contributed by atoms with Crippen molar-refractivity contribution in [3.8, 4) is 0 Å². The minimum atomic E-state index is -0.163. The van der Waals surface area contributed by atoms with E-state index >= 15 is 0 Å². The summed E-state index contributed by atoms with van der Waals surface area (Å²) in [7, 11) is 1.77. The molecule has 0 saturated carbocycles. The smallest absolute Gasteiger partial charge is 0.191 e. The molecule has 4 nitrogen and oxygen atoms in total. The molecule has 0 spiro atoms. The van der Waals surface area contributed by atoms with Crippen LogP contribution in [0.5, 0.6) is 0 Å². The summed E-state index contributed by atoms with van der Waals surface area (Å²) in [5.74, 6) is 0.624. The van der Waals surface area contributed by atoms with Crippen LogP contribution in [0.1, 0.15) is 37.8 Å². The van der Waals surface area contributed by atoms with Crippen LogP contribution in [-0.2, 0) is 6.54 Å². The Bertz CT molecular complexity index is 484. The van der Waals surface area contributed by atoms with Gasteiger partial charge in [0.15, 0.2) is 5.96 Å². The Balaban J connectivity index is 2.25. The van der Waals surface area contributed by atoms with Crippen LogP contribution in [0, 0.1) is 12.7 Å². The Morgan fingerprint density at radius 3 is 2.52 bits per heavy atom. The van der Waals surface area contributed by atoms with Crippen LogP contribution in [0.4, 0.5) is 4.39 Å². The van der Waals surface area contributed by atoms with Crippen molar-refractivity contribution in [2.75, 3.05) is 33.2 Å². The number of rotatable bonds is 9. The van der Waals surface area contributed by atoms with Crippen LogP contribution >= 0.6 is 0 Å². The number of nitrogens with one attached hydrogen (secondary N) is 2. The fraction of sp³-hybridized carbons (Fsp3) is 0.611. The van der Waals surface area contributed by atoms with E-state index in [2.05, 4.69) is 34.4 Å². The van der Waals surface area contributed by atoms with E-state index in [1.165, 1.54) is 12.5 Å². The number of unbranched alkanes of at least 4 members (excludes halogenated alkanes) is 1. The van der Waals surface area contributed by atoms with Crippen molar-refractivity contribution in [2.45, 2.75) is 40.2 Å². The third kappa shape index (κ3) is 7.46. The summed E-state index contributed by atoms with van der Waals surface area (Å²) in [6, 6.07) is 5.17. The lowest BCUT2D eigenvalue weighted by Gasteiger charge is -2.18. The monoisotopic (exact) mass is 322 g/mol. The van der Waals surface area contributed by atoms with Crippen LogP contribution in [0.2, 0.25) is 0 Å². The van der Waals surface area contributed by atoms with Crippen molar-refractivity contribution in [1.29, 1.82) is 0 Å². The fourth-order valence-corrected chi connectivity index (χ4v) is 2.43. The van der Waals surface area contributed by atoms with E-state index in [1.807, 2.05) is 6.07 Å². The molecule has 0 fully saturated rings. The second-order valence-electron chi connectivity index (χ2n) is 5.67. The van der Waals surface area contributed by atoms with Gasteiger partial charge in [-0.15, -0.1) is 0 Å². The standard InChI is InChI=1S/C18H31FN4/c1-5-23(6-2)12-8-7-11-21-18(20-4)22-14-16-9-10-17(19)15(3)13-16/h9-10,13H,5-8,11-12,14H2,1-4H3,(H2,20,21,22). The summed E-state index contributed by atoms with van der Waals surface area (Å²) in [6.07, 6.45) is 2.30. The molecule has 0 saturated heterocycles. The molecular weight excluding hydrogens is 291 g/mol. The highest BCUT2D eigenvalue weighted by Gasteiger charge is 2.02. The van der Waals surface area contributed by atoms with Gasteiger partial charge >= 0.3 is 0 Å². The molecule has 130 valence electrons. The fourth-order valence-electron chi connectivity index (χ4n) is 2.43. The molecule has 1 aromatic rings. The Kier molecular flexibility index (Phi) is 9.29. The zero-order valence-electron chi connectivity index (χ0n) is 15.0. The van der Waals surface area contributed by atoms with Crippen molar-refractivity contribution in [2.24, 2.45) is 4.99 Å². The number of aryl methyl sites for hydroxylation is 1. The number of halogens is 1. The third-order valence-electron chi connectivity index (χ3n) is 3.99. The number of hydrogen-bond donors (Lipinski definition) is 2. The highest BCUT2D eigenvalue weighted by atomic mass is 19.1. The van der Waals surface area contributed by atoms with Crippen molar-refractivity contribution < 1.29 is 4.39 Å². The summed E-state index contributed by atoms with van der Waals surface area (Å²) < 4.78 is 13.3. The second-order valence-corrected chi connectivity index (χ2v) is 5.67. The molecule has 23 heavy (non-hydrogen) atoms. The normalized spacial score (nSPS) is 11.8. The first-order chi connectivity index (χ1) is 11.1. The van der Waals surface area contributed by atoms with Gasteiger partial charge in [-0.3, -0.25) is 4.99 Å². The van der Waals surface area contributed by atoms with E-state index in [4.69, 9.17) is 0 Å². The zero-order valence-corrected chi connectivity index (χ0v) is 15.0. The number of hydrogen-bond acceptors (Lipinski definition) is 2. The lowest BCUT2D eigenvalue weighted by Crippen LogP contribution is -2.37. The van der Waals surface area contributed by atoms with Crippen LogP contribution in [0.15, 0.2) is 23.2 Å². The highest BCUT2D eigenvalue weighted by Crippen LogP contribution is 2.08. The average molecular weight is 322 g/mol. The Hall–Kier alpha value is -1.62. The summed E-state index contributed by atoms with van der Waals surface area (Å²) in [5.41, 5.74) is 1.72. The van der Waals surface area contributed by atoms with Gasteiger partial charge in [-0.05, 0) is 56.6 Å². The Labute approximate surface area is 140 Å². The lowest BCUT2D eigenvalue weighted by atomic mass is 10.1. The van der Waals surface area contributed by atoms with Gasteiger partial charge in [0.25, 0.3) is 0 Å². The highest BCUT2D eigenvalue weighted by molar-refractivity contribution is 5.79. The minimum Gasteiger partial charge on any atom is -0.356 e. The SMILES string of the molecule is CCN(CC)CCCCNC(=NC)NCc1ccc(F)c(C)c1. The Morgan fingerprint density at radius 1 is 1.17 bits per heavy atom. The third-order valence-corrected chi connectivity index (χ3v) is 3.99. The van der Waals surface area contributed by atoms with Crippen molar-refractivity contribution in [3.63, 3.8) is 0 Å². The molecule has 0 heterocycles. The second kappa shape index (κ2) is 11.0. The van der Waals surface area contributed by atoms with Gasteiger partial charge in [0.2, 0.25) is 0 Å². The number of aliphatic imine (C=N–C) groups is 1. The predicted molar refractivity (Wildman–Crippen MR) is 96.4 cm³/mol. The molecule has 0 atom stereocenters. The van der Waals surface area contributed by atoms with E-state index in [0.717, 1.165) is 44.1 Å². The average Bonchev–Trinajstić information content (AvgIpc) is 2.56. The van der Waals surface area contributed by atoms with Crippen LogP contribution in [0.3, 0.4) is 0 Å². The minimum absolute atomic E-state index is 0.163. The summed E-state index contributed by atoms with van der Waals surface area (Å²) in [6.45, 7) is 11.1. The first-order valence-corrected chi connectivity index (χ1v) is 8.52. The molecule has 0 aliphatic heterocycles. The van der Waals surface area contributed by atoms with Gasteiger partial charge in [-0.25, -0.2) is 4.39 Å². The molecule has 0 aliphatic carbocycles. The van der Waals surface area contributed by atoms with E-state index in [9.17, 15) is 4.39 Å². The Morgan fingerprint density at radius 2 is 1.91 bits per heavy atom. The maximum Gasteiger partial charge on any atom is 0.191 e. The molecule has 2 N–H and O–H groups in total. The molecule has 0 aromatic heterocycles. The summed E-state index contributed by atoms with van der Waals surface area (Å²) >= 11 is 0. The van der Waals surface area contributed by atoms with E-state index < -0.39 is 0 Å². The molecule has 0 bridgehead atoms. The van der Waals surface area contributed by atoms with Gasteiger partial charge in [-0.2, -0.15) is 0 Å². The van der Waals surface area contributed by atoms with E-state index in [1.54, 1.807) is 20.0 Å². The van der Waals surface area contributed by atoms with E-state index in [-0.39, 0.29) is 5.82 Å². The van der Waals surface area contributed by atoms with Crippen molar-refractivity contribution >= 4 is 5.96 Å². The van der Waals surface area contributed by atoms with Gasteiger partial charge in [-0.1, -0.05) is 26.0 Å². The first-order valence-electron chi connectivity index (χ1n) is 8.52. The van der Waals surface area contributed by atoms with Crippen molar-refractivity contribution in [1.82, 2.24) is 15.5 Å². The molecular formula is C18H31FN4. The molecule has 0 radical (unpaired) electrons. The maximum absolute atomic E-state index is 13.3. The number of benzene rings is 1. The van der Waals surface area contributed by atoms with Gasteiger partial charge in [0, 0.05) is 20.1 Å². The van der Waals surface area contributed by atoms with Crippen molar-refractivity contribution in [3.05, 3.63) is 35.1 Å². The van der Waals surface area contributed by atoms with Crippen LogP contribution in [0.25, 0.3) is 0 Å². The molecule has 0 unspecified atom stereocenters. The number of nitrogens with zero attached hydrogens (tertiary/aromatic N) is 2. The largest absolute Gasteiger partial charge is 0.356 e. The number of guanidine groups is 1. The van der Waals surface area contributed by atoms with Crippen LogP contribution < -0.4 is 10.6 Å². The molecule has 1 aromatic carbocycles. The van der Waals surface area contributed by atoms with Gasteiger partial charge in [0.05, 0.1) is 0 Å². The molecule has 0 aliphatic rings. The molecule has 5 heteroatoms. The van der Waals surface area contributed by atoms with Crippen LogP contribution in [-0.4, -0.2) is 44.1 Å². The summed E-state index contributed by atoms with van der Waals surface area (Å²) in [5, 5.41) is 6.58.